The Bertz CT molecular complexity index is 430. The lowest BCUT2D eigenvalue weighted by Crippen LogP contribution is -2.42. The number of hydrogen-bond donors (Lipinski definition) is 1. The second-order valence-corrected chi connectivity index (χ2v) is 5.85. The quantitative estimate of drug-likeness (QED) is 0.863. The van der Waals surface area contributed by atoms with Gasteiger partial charge in [-0.15, -0.1) is 0 Å². The Labute approximate surface area is 119 Å². The van der Waals surface area contributed by atoms with Gasteiger partial charge in [-0.1, -0.05) is 36.2 Å². The summed E-state index contributed by atoms with van der Waals surface area (Å²) in [6.45, 7) is 6.09. The first kappa shape index (κ1) is 15.3. The van der Waals surface area contributed by atoms with Crippen LogP contribution in [0.2, 0.25) is 10.0 Å². The first-order valence-electron chi connectivity index (χ1n) is 6.09. The van der Waals surface area contributed by atoms with Crippen LogP contribution in [-0.4, -0.2) is 11.4 Å². The lowest BCUT2D eigenvalue weighted by Gasteiger charge is -2.24. The van der Waals surface area contributed by atoms with Crippen molar-refractivity contribution in [1.82, 2.24) is 5.32 Å². The summed E-state index contributed by atoms with van der Waals surface area (Å²) < 4.78 is 0. The largest absolute Gasteiger partial charge is 0.351 e. The number of aryl methyl sites for hydroxylation is 1. The topological polar surface area (TPSA) is 29.1 Å². The first-order valence-corrected chi connectivity index (χ1v) is 6.84. The van der Waals surface area contributed by atoms with Gasteiger partial charge in [0, 0.05) is 12.0 Å². The molecule has 0 bridgehead atoms. The fourth-order valence-electron chi connectivity index (χ4n) is 1.48. The van der Waals surface area contributed by atoms with Crippen molar-refractivity contribution in [2.75, 3.05) is 0 Å². The van der Waals surface area contributed by atoms with E-state index in [1.807, 2.05) is 26.0 Å². The van der Waals surface area contributed by atoms with Crippen molar-refractivity contribution < 1.29 is 4.79 Å². The summed E-state index contributed by atoms with van der Waals surface area (Å²) in [4.78, 5) is 11.8. The van der Waals surface area contributed by atoms with Crippen LogP contribution < -0.4 is 5.32 Å². The maximum Gasteiger partial charge on any atom is 0.220 e. The van der Waals surface area contributed by atoms with Crippen molar-refractivity contribution in [2.24, 2.45) is 0 Å². The molecule has 0 radical (unpaired) electrons. The molecule has 18 heavy (non-hydrogen) atoms. The summed E-state index contributed by atoms with van der Waals surface area (Å²) in [7, 11) is 0. The highest BCUT2D eigenvalue weighted by molar-refractivity contribution is 6.42. The molecule has 0 saturated carbocycles. The van der Waals surface area contributed by atoms with Crippen LogP contribution in [0.1, 0.15) is 39.2 Å². The number of nitrogens with one attached hydrogen (secondary N) is 1. The van der Waals surface area contributed by atoms with Gasteiger partial charge >= 0.3 is 0 Å². The Morgan fingerprint density at radius 1 is 1.28 bits per heavy atom. The molecule has 1 amide bonds. The minimum absolute atomic E-state index is 0.0629. The number of rotatable bonds is 5. The third-order valence-electron chi connectivity index (χ3n) is 2.99. The predicted octanol–water partition coefficient (Wildman–Crippen LogP) is 4.23. The third-order valence-corrected chi connectivity index (χ3v) is 3.73. The van der Waals surface area contributed by atoms with E-state index in [1.54, 1.807) is 6.07 Å². The van der Waals surface area contributed by atoms with Crippen molar-refractivity contribution in [3.8, 4) is 0 Å². The van der Waals surface area contributed by atoms with E-state index >= 15 is 0 Å². The van der Waals surface area contributed by atoms with Crippen LogP contribution in [0.5, 0.6) is 0 Å². The molecule has 1 N–H and O–H groups in total. The molecule has 0 saturated heterocycles. The molecule has 100 valence electrons. The van der Waals surface area contributed by atoms with Gasteiger partial charge in [0.1, 0.15) is 0 Å². The van der Waals surface area contributed by atoms with E-state index in [1.165, 1.54) is 0 Å². The molecule has 4 heteroatoms. The fourth-order valence-corrected chi connectivity index (χ4v) is 1.80. The molecule has 0 heterocycles. The Hall–Kier alpha value is -0.730. The normalized spacial score (nSPS) is 11.4. The predicted molar refractivity (Wildman–Crippen MR) is 77.3 cm³/mol. The fraction of sp³-hybridized carbons (Fsp3) is 0.500. The van der Waals surface area contributed by atoms with E-state index in [0.717, 1.165) is 12.0 Å². The molecule has 0 aromatic heterocycles. The summed E-state index contributed by atoms with van der Waals surface area (Å²) in [5.74, 6) is 0.0629. The van der Waals surface area contributed by atoms with Crippen LogP contribution in [0.4, 0.5) is 0 Å². The first-order chi connectivity index (χ1) is 8.34. The summed E-state index contributed by atoms with van der Waals surface area (Å²) in [5.41, 5.74) is 0.878. The number of carbonyl (C=O) groups excluding carboxylic acids is 1. The van der Waals surface area contributed by atoms with Gasteiger partial charge in [-0.05, 0) is 44.4 Å². The minimum atomic E-state index is -0.144. The zero-order valence-electron chi connectivity index (χ0n) is 11.0. The highest BCUT2D eigenvalue weighted by Gasteiger charge is 2.17. The highest BCUT2D eigenvalue weighted by atomic mass is 35.5. The second kappa shape index (κ2) is 6.44. The molecule has 1 rings (SSSR count). The zero-order valence-corrected chi connectivity index (χ0v) is 12.5. The van der Waals surface area contributed by atoms with E-state index in [9.17, 15) is 4.79 Å². The molecule has 2 nitrogen and oxygen atoms in total. The number of carbonyl (C=O) groups is 1. The average Bonchev–Trinajstić information content (AvgIpc) is 2.30. The van der Waals surface area contributed by atoms with E-state index in [-0.39, 0.29) is 11.4 Å². The van der Waals surface area contributed by atoms with E-state index in [2.05, 4.69) is 12.2 Å². The van der Waals surface area contributed by atoms with Crippen LogP contribution in [0.3, 0.4) is 0 Å². The SMILES string of the molecule is CCC(C)(C)NC(=O)CCc1ccc(Cl)c(Cl)c1. The van der Waals surface area contributed by atoms with Crippen LogP contribution in [-0.2, 0) is 11.2 Å². The summed E-state index contributed by atoms with van der Waals surface area (Å²) in [6, 6.07) is 5.46. The monoisotopic (exact) mass is 287 g/mol. The number of amides is 1. The van der Waals surface area contributed by atoms with Gasteiger partial charge in [-0.2, -0.15) is 0 Å². The van der Waals surface area contributed by atoms with E-state index < -0.39 is 0 Å². The molecule has 1 aromatic rings. The summed E-state index contributed by atoms with van der Waals surface area (Å²) in [6.07, 6.45) is 2.04. The molecule has 0 atom stereocenters. The molecule has 0 unspecified atom stereocenters. The lowest BCUT2D eigenvalue weighted by molar-refractivity contribution is -0.122. The molecule has 0 spiro atoms. The van der Waals surface area contributed by atoms with Gasteiger partial charge in [-0.25, -0.2) is 0 Å². The molecule has 0 aliphatic rings. The van der Waals surface area contributed by atoms with Gasteiger partial charge in [0.05, 0.1) is 10.0 Å². The Balaban J connectivity index is 2.50. The van der Waals surface area contributed by atoms with Crippen LogP contribution in [0.25, 0.3) is 0 Å². The smallest absolute Gasteiger partial charge is 0.220 e. The summed E-state index contributed by atoms with van der Waals surface area (Å²) >= 11 is 11.8. The zero-order chi connectivity index (χ0) is 13.8. The third kappa shape index (κ3) is 4.87. The van der Waals surface area contributed by atoms with Gasteiger partial charge in [0.25, 0.3) is 0 Å². The maximum atomic E-state index is 11.8. The lowest BCUT2D eigenvalue weighted by atomic mass is 10.0. The second-order valence-electron chi connectivity index (χ2n) is 5.03. The molecule has 1 aromatic carbocycles. The van der Waals surface area contributed by atoms with Gasteiger partial charge < -0.3 is 5.32 Å². The highest BCUT2D eigenvalue weighted by Crippen LogP contribution is 2.23. The van der Waals surface area contributed by atoms with Crippen molar-refractivity contribution in [2.45, 2.75) is 45.6 Å². The Morgan fingerprint density at radius 2 is 1.94 bits per heavy atom. The van der Waals surface area contributed by atoms with Crippen molar-refractivity contribution in [1.29, 1.82) is 0 Å². The number of halogens is 2. The molecular weight excluding hydrogens is 269 g/mol. The average molecular weight is 288 g/mol. The van der Waals surface area contributed by atoms with Gasteiger partial charge in [0.15, 0.2) is 0 Å². The standard InChI is InChI=1S/C14H19Cl2NO/c1-4-14(2,3)17-13(18)8-6-10-5-7-11(15)12(16)9-10/h5,7,9H,4,6,8H2,1-3H3,(H,17,18). The molecular formula is C14H19Cl2NO. The Kier molecular flexibility index (Phi) is 5.48. The molecule has 0 aliphatic heterocycles. The molecule has 0 fully saturated rings. The van der Waals surface area contributed by atoms with Crippen LogP contribution in [0.15, 0.2) is 18.2 Å². The number of hydrogen-bond acceptors (Lipinski definition) is 1. The number of benzene rings is 1. The van der Waals surface area contributed by atoms with Gasteiger partial charge in [0.2, 0.25) is 5.91 Å². The van der Waals surface area contributed by atoms with E-state index in [4.69, 9.17) is 23.2 Å². The summed E-state index contributed by atoms with van der Waals surface area (Å²) in [5, 5.41) is 4.07. The Morgan fingerprint density at radius 3 is 2.50 bits per heavy atom. The van der Waals surface area contributed by atoms with Crippen molar-refractivity contribution in [3.05, 3.63) is 33.8 Å². The van der Waals surface area contributed by atoms with Crippen LogP contribution >= 0.6 is 23.2 Å². The minimum Gasteiger partial charge on any atom is -0.351 e. The maximum absolute atomic E-state index is 11.8. The van der Waals surface area contributed by atoms with Gasteiger partial charge in [-0.3, -0.25) is 4.79 Å². The van der Waals surface area contributed by atoms with Crippen LogP contribution in [0, 0.1) is 0 Å². The van der Waals surface area contributed by atoms with E-state index in [0.29, 0.717) is 22.9 Å². The van der Waals surface area contributed by atoms with Crippen molar-refractivity contribution >= 4 is 29.1 Å². The van der Waals surface area contributed by atoms with Crippen molar-refractivity contribution in [3.63, 3.8) is 0 Å². The molecule has 0 aliphatic carbocycles.